The molecule has 2 fully saturated rings. The van der Waals surface area contributed by atoms with Gasteiger partial charge in [0.15, 0.2) is 0 Å². The number of likely N-dealkylation sites (tertiary alicyclic amines) is 1. The van der Waals surface area contributed by atoms with Crippen molar-refractivity contribution in [2.24, 2.45) is 24.8 Å². The minimum atomic E-state index is -0.509. The van der Waals surface area contributed by atoms with Crippen LogP contribution in [0, 0.1) is 17.8 Å². The number of para-hydroxylation sites is 1. The lowest BCUT2D eigenvalue weighted by Gasteiger charge is -2.26. The third kappa shape index (κ3) is 3.68. The zero-order valence-corrected chi connectivity index (χ0v) is 18.2. The fourth-order valence-electron chi connectivity index (χ4n) is 4.41. The number of fused-ring (bicyclic) bond motifs is 2. The van der Waals surface area contributed by atoms with Crippen molar-refractivity contribution in [1.82, 2.24) is 20.0 Å². The fraction of sp³-hybridized carbons (Fsp3) is 0.571. The molecule has 1 saturated heterocycles. The number of carbonyl (C=O) groups excluding carboxylic acids is 2. The lowest BCUT2D eigenvalue weighted by Crippen LogP contribution is -2.39. The van der Waals surface area contributed by atoms with Gasteiger partial charge in [0.2, 0.25) is 5.91 Å². The summed E-state index contributed by atoms with van der Waals surface area (Å²) in [6, 6.07) is 5.46. The molecule has 2 heterocycles. The van der Waals surface area contributed by atoms with Gasteiger partial charge in [0.25, 0.3) is 0 Å². The van der Waals surface area contributed by atoms with Gasteiger partial charge in [0.05, 0.1) is 22.3 Å². The van der Waals surface area contributed by atoms with Crippen molar-refractivity contribution in [3.05, 3.63) is 28.9 Å². The number of rotatable bonds is 3. The fourth-order valence-corrected chi connectivity index (χ4v) is 4.70. The SMILES string of the molecule is CC(NC(=O)C1[C@H]2CN(C(=O)OC(C)(C)C)C[C@@H]12)c1nn(C)c2c(Cl)cccc12. The van der Waals surface area contributed by atoms with Crippen LogP contribution in [0.3, 0.4) is 0 Å². The molecule has 4 rings (SSSR count). The van der Waals surface area contributed by atoms with Crippen LogP contribution in [0.25, 0.3) is 10.9 Å². The molecule has 2 aromatic rings. The first-order valence-corrected chi connectivity index (χ1v) is 10.3. The number of benzene rings is 1. The molecule has 156 valence electrons. The Kier molecular flexibility index (Phi) is 4.76. The Morgan fingerprint density at radius 3 is 2.55 bits per heavy atom. The molecule has 29 heavy (non-hydrogen) atoms. The summed E-state index contributed by atoms with van der Waals surface area (Å²) in [6.07, 6.45) is -0.297. The molecule has 1 N–H and O–H groups in total. The van der Waals surface area contributed by atoms with E-state index in [-0.39, 0.29) is 35.8 Å². The van der Waals surface area contributed by atoms with E-state index < -0.39 is 5.60 Å². The zero-order valence-electron chi connectivity index (χ0n) is 17.4. The highest BCUT2D eigenvalue weighted by Crippen LogP contribution is 2.52. The summed E-state index contributed by atoms with van der Waals surface area (Å²) in [7, 11) is 1.85. The predicted molar refractivity (Wildman–Crippen MR) is 111 cm³/mol. The zero-order chi connectivity index (χ0) is 21.1. The van der Waals surface area contributed by atoms with E-state index in [1.165, 1.54) is 0 Å². The number of ether oxygens (including phenoxy) is 1. The Bertz CT molecular complexity index is 968. The molecule has 2 aliphatic rings. The van der Waals surface area contributed by atoms with E-state index in [0.29, 0.717) is 18.1 Å². The first-order valence-electron chi connectivity index (χ1n) is 9.96. The lowest BCUT2D eigenvalue weighted by atomic mass is 10.1. The quantitative estimate of drug-likeness (QED) is 0.827. The van der Waals surface area contributed by atoms with Crippen molar-refractivity contribution in [3.63, 3.8) is 0 Å². The minimum absolute atomic E-state index is 0.0252. The van der Waals surface area contributed by atoms with Crippen LogP contribution in [0.1, 0.15) is 39.4 Å². The molecule has 1 saturated carbocycles. The second kappa shape index (κ2) is 6.90. The van der Waals surface area contributed by atoms with Gasteiger partial charge < -0.3 is 15.0 Å². The van der Waals surface area contributed by atoms with E-state index in [1.54, 1.807) is 9.58 Å². The van der Waals surface area contributed by atoms with Crippen LogP contribution in [-0.2, 0) is 16.6 Å². The molecule has 0 bridgehead atoms. The highest BCUT2D eigenvalue weighted by Gasteiger charge is 2.60. The molecule has 1 aromatic heterocycles. The standard InChI is InChI=1S/C21H27ClN4O3/c1-11(17-12-7-6-8-15(22)18(12)25(5)24-17)23-19(27)16-13-9-26(10-14(13)16)20(28)29-21(2,3)4/h6-8,11,13-14,16H,9-10H2,1-5H3,(H,23,27)/t11?,13-,14+,16?. The maximum Gasteiger partial charge on any atom is 0.410 e. The van der Waals surface area contributed by atoms with Crippen molar-refractivity contribution >= 4 is 34.5 Å². The number of halogens is 1. The van der Waals surface area contributed by atoms with Gasteiger partial charge in [-0.1, -0.05) is 23.7 Å². The molecule has 0 radical (unpaired) electrons. The number of hydrogen-bond donors (Lipinski definition) is 1. The molecular formula is C21H27ClN4O3. The van der Waals surface area contributed by atoms with E-state index >= 15 is 0 Å². The number of hydrogen-bond acceptors (Lipinski definition) is 4. The van der Waals surface area contributed by atoms with E-state index in [9.17, 15) is 9.59 Å². The normalized spacial score (nSPS) is 24.3. The number of nitrogens with one attached hydrogen (secondary N) is 1. The summed E-state index contributed by atoms with van der Waals surface area (Å²) >= 11 is 6.30. The molecule has 0 spiro atoms. The highest BCUT2D eigenvalue weighted by atomic mass is 35.5. The molecule has 1 aromatic carbocycles. The Morgan fingerprint density at radius 1 is 1.28 bits per heavy atom. The van der Waals surface area contributed by atoms with Crippen LogP contribution in [0.2, 0.25) is 5.02 Å². The predicted octanol–water partition coefficient (Wildman–Crippen LogP) is 3.52. The van der Waals surface area contributed by atoms with Crippen molar-refractivity contribution < 1.29 is 14.3 Å². The van der Waals surface area contributed by atoms with E-state index in [2.05, 4.69) is 10.4 Å². The van der Waals surface area contributed by atoms with Gasteiger partial charge in [0.1, 0.15) is 5.60 Å². The molecule has 2 unspecified atom stereocenters. The smallest absolute Gasteiger partial charge is 0.410 e. The molecule has 2 amide bonds. The Balaban J connectivity index is 1.38. The van der Waals surface area contributed by atoms with Crippen LogP contribution in [0.4, 0.5) is 4.79 Å². The number of aromatic nitrogens is 2. The third-order valence-electron chi connectivity index (χ3n) is 5.76. The molecule has 4 atom stereocenters. The molecule has 1 aliphatic carbocycles. The van der Waals surface area contributed by atoms with Gasteiger partial charge in [-0.3, -0.25) is 9.48 Å². The second-order valence-corrected chi connectivity index (χ2v) is 9.52. The molecule has 7 nitrogen and oxygen atoms in total. The second-order valence-electron chi connectivity index (χ2n) is 9.11. The van der Waals surface area contributed by atoms with Gasteiger partial charge in [-0.05, 0) is 45.6 Å². The topological polar surface area (TPSA) is 76.5 Å². The van der Waals surface area contributed by atoms with Crippen LogP contribution in [0.15, 0.2) is 18.2 Å². The van der Waals surface area contributed by atoms with Crippen molar-refractivity contribution in [2.45, 2.75) is 39.3 Å². The summed E-state index contributed by atoms with van der Waals surface area (Å²) in [5, 5.41) is 9.26. The number of piperidine rings is 1. The van der Waals surface area contributed by atoms with Gasteiger partial charge in [0, 0.05) is 31.4 Å². The largest absolute Gasteiger partial charge is 0.444 e. The molecular weight excluding hydrogens is 392 g/mol. The maximum absolute atomic E-state index is 12.8. The lowest BCUT2D eigenvalue weighted by molar-refractivity contribution is -0.124. The average Bonchev–Trinajstić information content (AvgIpc) is 2.95. The number of nitrogens with zero attached hydrogens (tertiary/aromatic N) is 3. The van der Waals surface area contributed by atoms with E-state index in [4.69, 9.17) is 16.3 Å². The number of amides is 2. The first kappa shape index (κ1) is 20.0. The highest BCUT2D eigenvalue weighted by molar-refractivity contribution is 6.35. The van der Waals surface area contributed by atoms with Crippen molar-refractivity contribution in [3.8, 4) is 0 Å². The van der Waals surface area contributed by atoms with Gasteiger partial charge in [-0.2, -0.15) is 5.10 Å². The summed E-state index contributed by atoms with van der Waals surface area (Å²) in [6.45, 7) is 8.66. The monoisotopic (exact) mass is 418 g/mol. The molecule has 8 heteroatoms. The van der Waals surface area contributed by atoms with Crippen LogP contribution in [-0.4, -0.2) is 45.4 Å². The number of aryl methyl sites for hydroxylation is 1. The summed E-state index contributed by atoms with van der Waals surface area (Å²) in [4.78, 5) is 26.7. The van der Waals surface area contributed by atoms with Gasteiger partial charge in [-0.15, -0.1) is 0 Å². The van der Waals surface area contributed by atoms with Gasteiger partial charge >= 0.3 is 6.09 Å². The Labute approximate surface area is 175 Å². The van der Waals surface area contributed by atoms with Crippen LogP contribution < -0.4 is 5.32 Å². The third-order valence-corrected chi connectivity index (χ3v) is 6.07. The first-order chi connectivity index (χ1) is 13.6. The van der Waals surface area contributed by atoms with E-state index in [0.717, 1.165) is 16.6 Å². The Hall–Kier alpha value is -2.28. The Morgan fingerprint density at radius 2 is 1.93 bits per heavy atom. The molecule has 1 aliphatic heterocycles. The number of carbonyl (C=O) groups is 2. The van der Waals surface area contributed by atoms with Gasteiger partial charge in [-0.25, -0.2) is 4.79 Å². The van der Waals surface area contributed by atoms with E-state index in [1.807, 2.05) is 52.9 Å². The minimum Gasteiger partial charge on any atom is -0.444 e. The maximum atomic E-state index is 12.8. The summed E-state index contributed by atoms with van der Waals surface area (Å²) in [5.74, 6) is 0.404. The summed E-state index contributed by atoms with van der Waals surface area (Å²) in [5.41, 5.74) is 1.16. The van der Waals surface area contributed by atoms with Crippen molar-refractivity contribution in [1.29, 1.82) is 0 Å². The average molecular weight is 419 g/mol. The van der Waals surface area contributed by atoms with Crippen molar-refractivity contribution in [2.75, 3.05) is 13.1 Å². The van der Waals surface area contributed by atoms with Crippen LogP contribution >= 0.6 is 11.6 Å². The van der Waals surface area contributed by atoms with Crippen LogP contribution in [0.5, 0.6) is 0 Å². The summed E-state index contributed by atoms with van der Waals surface area (Å²) < 4.78 is 7.18.